The van der Waals surface area contributed by atoms with Gasteiger partial charge in [-0.15, -0.1) is 0 Å². The highest BCUT2D eigenvalue weighted by Crippen LogP contribution is 2.32. The molecular weight excluding hydrogens is 270 g/mol. The highest BCUT2D eigenvalue weighted by atomic mass is 15.1. The summed E-state index contributed by atoms with van der Waals surface area (Å²) < 4.78 is 0. The molecule has 1 aromatic heterocycles. The average molecular weight is 285 g/mol. The van der Waals surface area contributed by atoms with Crippen LogP contribution in [-0.2, 0) is 0 Å². The van der Waals surface area contributed by atoms with E-state index in [0.29, 0.717) is 5.82 Å². The first-order valence-corrected chi connectivity index (χ1v) is 7.21. The van der Waals surface area contributed by atoms with Crippen LogP contribution in [0.25, 0.3) is 33.2 Å². The molecule has 0 spiro atoms. The highest BCUT2D eigenvalue weighted by Gasteiger charge is 2.09. The molecule has 3 N–H and O–H groups in total. The molecule has 4 rings (SSSR count). The standard InChI is InChI=1S/C19H15N3/c20-19-18-16(7-4-8-17(18)21-22-19)15-11-9-14(10-12-15)13-5-2-1-3-6-13/h1-12H,(H3,20,21,22). The van der Waals surface area contributed by atoms with E-state index in [4.69, 9.17) is 5.73 Å². The van der Waals surface area contributed by atoms with Crippen molar-refractivity contribution in [1.29, 1.82) is 0 Å². The van der Waals surface area contributed by atoms with Crippen LogP contribution >= 0.6 is 0 Å². The highest BCUT2D eigenvalue weighted by molar-refractivity contribution is 6.01. The fourth-order valence-corrected chi connectivity index (χ4v) is 2.81. The zero-order valence-corrected chi connectivity index (χ0v) is 12.0. The SMILES string of the molecule is Nc1n[nH]c2cccc(-c3ccc(-c4ccccc4)cc3)c12. The van der Waals surface area contributed by atoms with Gasteiger partial charge in [0.1, 0.15) is 0 Å². The molecule has 0 unspecified atom stereocenters. The van der Waals surface area contributed by atoms with Crippen LogP contribution in [0.4, 0.5) is 5.82 Å². The number of aromatic amines is 1. The zero-order chi connectivity index (χ0) is 14.9. The molecule has 0 radical (unpaired) electrons. The van der Waals surface area contributed by atoms with E-state index in [1.807, 2.05) is 18.2 Å². The molecule has 0 amide bonds. The topological polar surface area (TPSA) is 54.7 Å². The minimum absolute atomic E-state index is 0.540. The van der Waals surface area contributed by atoms with Crippen LogP contribution in [0.2, 0.25) is 0 Å². The average Bonchev–Trinajstić information content (AvgIpc) is 2.97. The van der Waals surface area contributed by atoms with Crippen molar-refractivity contribution in [2.24, 2.45) is 0 Å². The van der Waals surface area contributed by atoms with Crippen LogP contribution < -0.4 is 5.73 Å². The molecule has 0 aliphatic carbocycles. The van der Waals surface area contributed by atoms with Crippen LogP contribution in [0.5, 0.6) is 0 Å². The van der Waals surface area contributed by atoms with E-state index in [-0.39, 0.29) is 0 Å². The van der Waals surface area contributed by atoms with Crippen molar-refractivity contribution in [3.63, 3.8) is 0 Å². The number of H-pyrrole nitrogens is 1. The summed E-state index contributed by atoms with van der Waals surface area (Å²) in [7, 11) is 0. The second-order valence-electron chi connectivity index (χ2n) is 5.28. The van der Waals surface area contributed by atoms with E-state index in [0.717, 1.165) is 22.0 Å². The van der Waals surface area contributed by atoms with Crippen molar-refractivity contribution in [1.82, 2.24) is 10.2 Å². The number of hydrogen-bond acceptors (Lipinski definition) is 2. The second-order valence-corrected chi connectivity index (χ2v) is 5.28. The molecule has 0 aliphatic heterocycles. The lowest BCUT2D eigenvalue weighted by molar-refractivity contribution is 1.13. The molecular formula is C19H15N3. The Balaban J connectivity index is 1.81. The third-order valence-electron chi connectivity index (χ3n) is 3.92. The Bertz CT molecular complexity index is 922. The first-order chi connectivity index (χ1) is 10.8. The summed E-state index contributed by atoms with van der Waals surface area (Å²) in [6.07, 6.45) is 0. The summed E-state index contributed by atoms with van der Waals surface area (Å²) in [6, 6.07) is 25.0. The Morgan fingerprint density at radius 1 is 0.682 bits per heavy atom. The number of anilines is 1. The van der Waals surface area contributed by atoms with Gasteiger partial charge in [0.25, 0.3) is 0 Å². The molecule has 0 atom stereocenters. The van der Waals surface area contributed by atoms with E-state index >= 15 is 0 Å². The lowest BCUT2D eigenvalue weighted by Gasteiger charge is -2.06. The van der Waals surface area contributed by atoms with Gasteiger partial charge in [-0.2, -0.15) is 5.10 Å². The Labute approximate surface area is 128 Å². The van der Waals surface area contributed by atoms with E-state index < -0.39 is 0 Å². The van der Waals surface area contributed by atoms with Crippen LogP contribution in [0.1, 0.15) is 0 Å². The van der Waals surface area contributed by atoms with Gasteiger partial charge in [0.05, 0.1) is 10.9 Å². The molecule has 0 aliphatic rings. The van der Waals surface area contributed by atoms with Crippen molar-refractivity contribution in [3.8, 4) is 22.3 Å². The van der Waals surface area contributed by atoms with Gasteiger partial charge in [0.2, 0.25) is 0 Å². The van der Waals surface area contributed by atoms with Gasteiger partial charge < -0.3 is 5.73 Å². The summed E-state index contributed by atoms with van der Waals surface area (Å²) in [5, 5.41) is 8.04. The first-order valence-electron chi connectivity index (χ1n) is 7.21. The van der Waals surface area contributed by atoms with Crippen molar-refractivity contribution in [2.45, 2.75) is 0 Å². The largest absolute Gasteiger partial charge is 0.382 e. The molecule has 0 saturated carbocycles. The molecule has 4 aromatic rings. The summed E-state index contributed by atoms with van der Waals surface area (Å²) in [5.41, 5.74) is 11.6. The van der Waals surface area contributed by atoms with Gasteiger partial charge in [-0.25, -0.2) is 0 Å². The van der Waals surface area contributed by atoms with E-state index in [2.05, 4.69) is 64.8 Å². The lowest BCUT2D eigenvalue weighted by Crippen LogP contribution is -1.87. The van der Waals surface area contributed by atoms with Crippen LogP contribution in [-0.4, -0.2) is 10.2 Å². The minimum Gasteiger partial charge on any atom is -0.382 e. The summed E-state index contributed by atoms with van der Waals surface area (Å²) in [5.74, 6) is 0.540. The number of aromatic nitrogens is 2. The second kappa shape index (κ2) is 5.04. The number of nitrogens with zero attached hydrogens (tertiary/aromatic N) is 1. The normalized spacial score (nSPS) is 10.9. The molecule has 0 bridgehead atoms. The van der Waals surface area contributed by atoms with Gasteiger partial charge in [-0.05, 0) is 28.3 Å². The van der Waals surface area contributed by atoms with Crippen LogP contribution in [0.3, 0.4) is 0 Å². The van der Waals surface area contributed by atoms with E-state index in [9.17, 15) is 0 Å². The smallest absolute Gasteiger partial charge is 0.153 e. The Hall–Kier alpha value is -3.07. The number of nitrogens with one attached hydrogen (secondary N) is 1. The molecule has 106 valence electrons. The van der Waals surface area contributed by atoms with Crippen molar-refractivity contribution in [2.75, 3.05) is 5.73 Å². The molecule has 1 heterocycles. The minimum atomic E-state index is 0.540. The van der Waals surface area contributed by atoms with Crippen LogP contribution in [0.15, 0.2) is 72.8 Å². The maximum atomic E-state index is 5.99. The summed E-state index contributed by atoms with van der Waals surface area (Å²) in [6.45, 7) is 0. The number of fused-ring (bicyclic) bond motifs is 1. The number of hydrogen-bond donors (Lipinski definition) is 2. The molecule has 3 aromatic carbocycles. The fraction of sp³-hybridized carbons (Fsp3) is 0. The fourth-order valence-electron chi connectivity index (χ4n) is 2.81. The molecule has 3 heteroatoms. The Morgan fingerprint density at radius 2 is 1.36 bits per heavy atom. The number of nitrogens with two attached hydrogens (primary N) is 1. The molecule has 3 nitrogen and oxygen atoms in total. The molecule has 0 fully saturated rings. The summed E-state index contributed by atoms with van der Waals surface area (Å²) >= 11 is 0. The number of benzene rings is 3. The maximum Gasteiger partial charge on any atom is 0.153 e. The maximum absolute atomic E-state index is 5.99. The van der Waals surface area contributed by atoms with Crippen molar-refractivity contribution >= 4 is 16.7 Å². The predicted molar refractivity (Wildman–Crippen MR) is 91.4 cm³/mol. The van der Waals surface area contributed by atoms with Gasteiger partial charge in [0, 0.05) is 0 Å². The quantitative estimate of drug-likeness (QED) is 0.570. The lowest BCUT2D eigenvalue weighted by atomic mass is 9.98. The van der Waals surface area contributed by atoms with Crippen LogP contribution in [0, 0.1) is 0 Å². The molecule has 22 heavy (non-hydrogen) atoms. The van der Waals surface area contributed by atoms with E-state index in [1.54, 1.807) is 0 Å². The van der Waals surface area contributed by atoms with Gasteiger partial charge in [-0.1, -0.05) is 66.7 Å². The zero-order valence-electron chi connectivity index (χ0n) is 12.0. The van der Waals surface area contributed by atoms with Gasteiger partial charge in [-0.3, -0.25) is 5.10 Å². The Morgan fingerprint density at radius 3 is 2.14 bits per heavy atom. The summed E-state index contributed by atoms with van der Waals surface area (Å²) in [4.78, 5) is 0. The van der Waals surface area contributed by atoms with Gasteiger partial charge >= 0.3 is 0 Å². The monoisotopic (exact) mass is 285 g/mol. The van der Waals surface area contributed by atoms with Gasteiger partial charge in [0.15, 0.2) is 5.82 Å². The number of rotatable bonds is 2. The molecule has 0 saturated heterocycles. The van der Waals surface area contributed by atoms with Crippen molar-refractivity contribution in [3.05, 3.63) is 72.8 Å². The predicted octanol–water partition coefficient (Wildman–Crippen LogP) is 4.48. The van der Waals surface area contributed by atoms with Crippen molar-refractivity contribution < 1.29 is 0 Å². The number of nitrogen functional groups attached to an aromatic ring is 1. The third-order valence-corrected chi connectivity index (χ3v) is 3.92. The Kier molecular flexibility index (Phi) is 2.90. The van der Waals surface area contributed by atoms with E-state index in [1.165, 1.54) is 11.1 Å². The first kappa shape index (κ1) is 12.7. The third kappa shape index (κ3) is 2.04.